The van der Waals surface area contributed by atoms with E-state index in [-0.39, 0.29) is 11.2 Å². The second kappa shape index (κ2) is 8.73. The predicted octanol–water partition coefficient (Wildman–Crippen LogP) is 5.02. The first-order chi connectivity index (χ1) is 11.6. The second-order valence-electron chi connectivity index (χ2n) is 8.34. The van der Waals surface area contributed by atoms with Crippen molar-refractivity contribution in [2.24, 2.45) is 11.3 Å². The van der Waals surface area contributed by atoms with Crippen LogP contribution in [-0.4, -0.2) is 43.3 Å². The lowest BCUT2D eigenvalue weighted by molar-refractivity contribution is -0.113. The number of carbonyl (C=O) groups is 1. The van der Waals surface area contributed by atoms with Gasteiger partial charge < -0.3 is 9.80 Å². The van der Waals surface area contributed by atoms with E-state index in [0.29, 0.717) is 5.92 Å². The van der Waals surface area contributed by atoms with Crippen molar-refractivity contribution in [3.63, 3.8) is 0 Å². The van der Waals surface area contributed by atoms with Crippen molar-refractivity contribution in [1.29, 1.82) is 0 Å². The van der Waals surface area contributed by atoms with Crippen molar-refractivity contribution in [2.75, 3.05) is 27.7 Å². The largest absolute Gasteiger partial charge is 0.383 e. The molecule has 1 aliphatic rings. The van der Waals surface area contributed by atoms with Gasteiger partial charge in [-0.1, -0.05) is 47.1 Å². The highest BCUT2D eigenvalue weighted by atomic mass is 16.1. The normalized spacial score (nSPS) is 22.7. The first-order valence-corrected chi connectivity index (χ1v) is 9.64. The molecular weight excluding hydrogens is 308 g/mol. The molecule has 3 nitrogen and oxygen atoms in total. The third kappa shape index (κ3) is 4.99. The number of hydrogen-bond donors (Lipinski definition) is 0. The molecule has 0 N–H and O–H groups in total. The Balaban J connectivity index is 3.69. The fourth-order valence-electron chi connectivity index (χ4n) is 3.60. The van der Waals surface area contributed by atoms with Crippen molar-refractivity contribution in [1.82, 2.24) is 9.80 Å². The molecule has 1 fully saturated rings. The van der Waals surface area contributed by atoms with Crippen molar-refractivity contribution >= 4 is 5.78 Å². The number of ketones is 1. The molecule has 0 radical (unpaired) electrons. The van der Waals surface area contributed by atoms with Gasteiger partial charge in [0.2, 0.25) is 0 Å². The van der Waals surface area contributed by atoms with E-state index in [0.717, 1.165) is 37.0 Å². The van der Waals surface area contributed by atoms with E-state index >= 15 is 0 Å². The molecule has 1 rings (SSSR count). The predicted molar refractivity (Wildman–Crippen MR) is 108 cm³/mol. The van der Waals surface area contributed by atoms with Crippen molar-refractivity contribution in [3.05, 3.63) is 34.7 Å². The Labute approximate surface area is 155 Å². The molecule has 3 heteroatoms. The van der Waals surface area contributed by atoms with Crippen LogP contribution in [0, 0.1) is 11.3 Å². The molecule has 25 heavy (non-hydrogen) atoms. The topological polar surface area (TPSA) is 23.6 Å². The third-order valence-electron chi connectivity index (χ3n) is 4.91. The highest BCUT2D eigenvalue weighted by Crippen LogP contribution is 2.45. The molecule has 0 aromatic rings. The zero-order valence-corrected chi connectivity index (χ0v) is 17.9. The van der Waals surface area contributed by atoms with E-state index in [9.17, 15) is 4.79 Å². The van der Waals surface area contributed by atoms with Gasteiger partial charge in [-0.25, -0.2) is 0 Å². The van der Waals surface area contributed by atoms with Crippen LogP contribution in [0.5, 0.6) is 0 Å². The maximum Gasteiger partial charge on any atom is 0.193 e. The van der Waals surface area contributed by atoms with E-state index in [4.69, 9.17) is 0 Å². The molecule has 0 heterocycles. The molecule has 0 bridgehead atoms. The van der Waals surface area contributed by atoms with Gasteiger partial charge in [-0.15, -0.1) is 0 Å². The number of hydrogen-bond acceptors (Lipinski definition) is 3. The quantitative estimate of drug-likeness (QED) is 0.631. The molecule has 0 spiro atoms. The number of nitrogens with zero attached hydrogens (tertiary/aromatic N) is 2. The molecule has 142 valence electrons. The van der Waals surface area contributed by atoms with Gasteiger partial charge in [0.25, 0.3) is 0 Å². The van der Waals surface area contributed by atoms with Crippen molar-refractivity contribution in [3.8, 4) is 0 Å². The molecule has 0 aliphatic heterocycles. The van der Waals surface area contributed by atoms with Gasteiger partial charge in [0.05, 0.1) is 0 Å². The van der Waals surface area contributed by atoms with Crippen LogP contribution in [0.15, 0.2) is 34.7 Å². The van der Waals surface area contributed by atoms with Gasteiger partial charge in [0, 0.05) is 50.7 Å². The van der Waals surface area contributed by atoms with E-state index in [1.807, 2.05) is 25.2 Å². The van der Waals surface area contributed by atoms with Crippen LogP contribution in [0.1, 0.15) is 60.8 Å². The zero-order chi connectivity index (χ0) is 19.4. The second-order valence-corrected chi connectivity index (χ2v) is 8.34. The molecule has 0 aromatic heterocycles. The zero-order valence-electron chi connectivity index (χ0n) is 17.9. The SMILES string of the molecule is CCC/C=C1\CC(C)(C)/C(=C/N(C)C)C(=O)\C1=C(/C(C)C)N(C)CC. The van der Waals surface area contributed by atoms with Gasteiger partial charge in [-0.3, -0.25) is 4.79 Å². The maximum atomic E-state index is 13.6. The summed E-state index contributed by atoms with van der Waals surface area (Å²) in [6, 6.07) is 0. The first-order valence-electron chi connectivity index (χ1n) is 9.64. The molecule has 0 atom stereocenters. The standard InChI is InChI=1S/C22H38N2O/c1-10-12-13-17-14-22(5,6)18(15-23(7)8)21(25)19(17)20(16(3)4)24(9)11-2/h13,15-16H,10-12,14H2,1-9H3/b17-13+,18-15+,20-19+. The van der Waals surface area contributed by atoms with Gasteiger partial charge in [0.1, 0.15) is 0 Å². The minimum absolute atomic E-state index is 0.142. The van der Waals surface area contributed by atoms with Crippen LogP contribution in [0.25, 0.3) is 0 Å². The third-order valence-corrected chi connectivity index (χ3v) is 4.91. The summed E-state index contributed by atoms with van der Waals surface area (Å²) in [6.07, 6.45) is 7.36. The van der Waals surface area contributed by atoms with Crippen LogP contribution < -0.4 is 0 Å². The number of unbranched alkanes of at least 4 members (excludes halogenated alkanes) is 1. The number of rotatable bonds is 6. The average molecular weight is 347 g/mol. The fraction of sp³-hybridized carbons (Fsp3) is 0.682. The molecular formula is C22H38N2O. The first kappa shape index (κ1) is 21.5. The lowest BCUT2D eigenvalue weighted by Gasteiger charge is -2.38. The Morgan fingerprint density at radius 1 is 1.20 bits per heavy atom. The van der Waals surface area contributed by atoms with Crippen molar-refractivity contribution < 1.29 is 4.79 Å². The summed E-state index contributed by atoms with van der Waals surface area (Å²) in [5.74, 6) is 0.520. The van der Waals surface area contributed by atoms with Crippen LogP contribution >= 0.6 is 0 Å². The Bertz CT molecular complexity index is 577. The number of carbonyl (C=O) groups excluding carboxylic acids is 1. The van der Waals surface area contributed by atoms with Gasteiger partial charge >= 0.3 is 0 Å². The molecule has 0 saturated heterocycles. The Morgan fingerprint density at radius 2 is 1.80 bits per heavy atom. The van der Waals surface area contributed by atoms with Gasteiger partial charge in [-0.2, -0.15) is 0 Å². The summed E-state index contributed by atoms with van der Waals surface area (Å²) in [5.41, 5.74) is 4.13. The van der Waals surface area contributed by atoms with Crippen LogP contribution in [0.2, 0.25) is 0 Å². The molecule has 0 amide bonds. The summed E-state index contributed by atoms with van der Waals surface area (Å²) in [6.45, 7) is 14.0. The van der Waals surface area contributed by atoms with E-state index < -0.39 is 0 Å². The highest BCUT2D eigenvalue weighted by Gasteiger charge is 2.40. The smallest absolute Gasteiger partial charge is 0.193 e. The van der Waals surface area contributed by atoms with Crippen LogP contribution in [0.3, 0.4) is 0 Å². The average Bonchev–Trinajstić information content (AvgIpc) is 2.51. The minimum Gasteiger partial charge on any atom is -0.383 e. The molecule has 1 saturated carbocycles. The van der Waals surface area contributed by atoms with Crippen LogP contribution in [0.4, 0.5) is 0 Å². The summed E-state index contributed by atoms with van der Waals surface area (Å²) in [7, 11) is 6.08. The summed E-state index contributed by atoms with van der Waals surface area (Å²) >= 11 is 0. The minimum atomic E-state index is -0.142. The monoisotopic (exact) mass is 346 g/mol. The van der Waals surface area contributed by atoms with E-state index in [1.54, 1.807) is 0 Å². The lowest BCUT2D eigenvalue weighted by Crippen LogP contribution is -2.35. The number of allylic oxidation sites excluding steroid dienone is 5. The van der Waals surface area contributed by atoms with Gasteiger partial charge in [0.15, 0.2) is 5.78 Å². The summed E-state index contributed by atoms with van der Waals surface area (Å²) < 4.78 is 0. The molecule has 1 aliphatic carbocycles. The summed E-state index contributed by atoms with van der Waals surface area (Å²) in [4.78, 5) is 17.8. The number of Topliss-reactive ketones (excluding diaryl/α,β-unsaturated/α-hetero) is 1. The molecule has 0 unspecified atom stereocenters. The van der Waals surface area contributed by atoms with Crippen LogP contribution in [-0.2, 0) is 4.79 Å². The maximum absolute atomic E-state index is 13.6. The highest BCUT2D eigenvalue weighted by molar-refractivity contribution is 6.13. The Kier molecular flexibility index (Phi) is 7.52. The van der Waals surface area contributed by atoms with Gasteiger partial charge in [-0.05, 0) is 36.7 Å². The summed E-state index contributed by atoms with van der Waals surface area (Å²) in [5, 5.41) is 0. The fourth-order valence-corrected chi connectivity index (χ4v) is 3.60. The van der Waals surface area contributed by atoms with E-state index in [2.05, 4.69) is 59.6 Å². The van der Waals surface area contributed by atoms with Crippen molar-refractivity contribution in [2.45, 2.75) is 60.8 Å². The Morgan fingerprint density at radius 3 is 2.24 bits per heavy atom. The molecule has 0 aromatic carbocycles. The Hall–Kier alpha value is -1.51. The van der Waals surface area contributed by atoms with E-state index in [1.165, 1.54) is 11.3 Å². The lowest BCUT2D eigenvalue weighted by atomic mass is 9.67.